The maximum absolute atomic E-state index is 13.0. The van der Waals surface area contributed by atoms with Gasteiger partial charge in [0.1, 0.15) is 0 Å². The largest absolute Gasteiger partial charge is 0.274 e. The molecule has 0 radical (unpaired) electrons. The van der Waals surface area contributed by atoms with E-state index in [0.717, 1.165) is 11.1 Å². The molecule has 2 saturated heterocycles. The standard InChI is InChI=1S/C28H24N2O4S2/c31-25-15-23(35-17-19-7-3-1-4-8-19)27(33)29(25)21-11-13-22(14-12-21)30-26(32)16-24(28(30)34)36-18-20-9-5-2-6-10-20/h1-14,23-24H,15-18H2. The summed E-state index contributed by atoms with van der Waals surface area (Å²) in [5, 5.41) is -0.858. The lowest BCUT2D eigenvalue weighted by molar-refractivity contribution is -0.122. The van der Waals surface area contributed by atoms with E-state index in [9.17, 15) is 19.2 Å². The first-order chi connectivity index (χ1) is 17.5. The van der Waals surface area contributed by atoms with Crippen molar-refractivity contribution >= 4 is 58.5 Å². The quantitative estimate of drug-likeness (QED) is 0.400. The maximum Gasteiger partial charge on any atom is 0.247 e. The summed E-state index contributed by atoms with van der Waals surface area (Å²) in [7, 11) is 0. The van der Waals surface area contributed by atoms with Crippen molar-refractivity contribution in [1.29, 1.82) is 0 Å². The van der Waals surface area contributed by atoms with Gasteiger partial charge in [-0.25, -0.2) is 9.80 Å². The average Bonchev–Trinajstić information content (AvgIpc) is 3.35. The third-order valence-electron chi connectivity index (χ3n) is 6.16. The number of rotatable bonds is 8. The summed E-state index contributed by atoms with van der Waals surface area (Å²) in [5.74, 6) is 0.339. The number of imide groups is 2. The lowest BCUT2D eigenvalue weighted by Crippen LogP contribution is -2.32. The molecule has 3 aromatic carbocycles. The SMILES string of the molecule is O=C1CC(SCc2ccccc2)C(=O)N1c1ccc(N2C(=O)CC(SCc3ccccc3)C2=O)cc1. The van der Waals surface area contributed by atoms with Gasteiger partial charge < -0.3 is 0 Å². The molecule has 3 aromatic rings. The van der Waals surface area contributed by atoms with Crippen LogP contribution in [0.15, 0.2) is 84.9 Å². The van der Waals surface area contributed by atoms with Crippen LogP contribution in [0.4, 0.5) is 11.4 Å². The molecule has 0 N–H and O–H groups in total. The number of nitrogens with zero attached hydrogens (tertiary/aromatic N) is 2. The number of carbonyl (C=O) groups is 4. The second-order valence-corrected chi connectivity index (χ2v) is 11.0. The van der Waals surface area contributed by atoms with Crippen LogP contribution >= 0.6 is 23.5 Å². The molecule has 2 atom stereocenters. The summed E-state index contributed by atoms with van der Waals surface area (Å²) in [6.07, 6.45) is 0.309. The number of carbonyl (C=O) groups excluding carboxylic acids is 4. The highest BCUT2D eigenvalue weighted by molar-refractivity contribution is 8.00. The predicted molar refractivity (Wildman–Crippen MR) is 144 cm³/mol. The molecule has 36 heavy (non-hydrogen) atoms. The molecular weight excluding hydrogens is 492 g/mol. The Kier molecular flexibility index (Phi) is 7.25. The summed E-state index contributed by atoms with van der Waals surface area (Å²) in [6, 6.07) is 26.2. The van der Waals surface area contributed by atoms with Crippen molar-refractivity contribution in [1.82, 2.24) is 0 Å². The first-order valence-corrected chi connectivity index (χ1v) is 13.8. The number of thioether (sulfide) groups is 2. The van der Waals surface area contributed by atoms with E-state index >= 15 is 0 Å². The third-order valence-corrected chi connectivity index (χ3v) is 8.71. The molecule has 0 aliphatic carbocycles. The molecular formula is C28H24N2O4S2. The Hall–Kier alpha value is -3.36. The monoisotopic (exact) mass is 516 g/mol. The van der Waals surface area contributed by atoms with Crippen LogP contribution in [0.1, 0.15) is 24.0 Å². The molecule has 6 nitrogen and oxygen atoms in total. The van der Waals surface area contributed by atoms with Crippen molar-refractivity contribution in [2.45, 2.75) is 34.8 Å². The van der Waals surface area contributed by atoms with Crippen LogP contribution in [-0.2, 0) is 30.7 Å². The lowest BCUT2D eigenvalue weighted by Gasteiger charge is -2.18. The summed E-state index contributed by atoms with van der Waals surface area (Å²) >= 11 is 2.93. The van der Waals surface area contributed by atoms with E-state index in [0.29, 0.717) is 22.9 Å². The number of benzene rings is 3. The summed E-state index contributed by atoms with van der Waals surface area (Å²) in [5.41, 5.74) is 3.10. The Labute approximate surface area is 218 Å². The van der Waals surface area contributed by atoms with Gasteiger partial charge in [-0.05, 0) is 35.4 Å². The van der Waals surface area contributed by atoms with Crippen molar-refractivity contribution < 1.29 is 19.2 Å². The lowest BCUT2D eigenvalue weighted by atomic mass is 10.2. The summed E-state index contributed by atoms with van der Waals surface area (Å²) in [6.45, 7) is 0. The Bertz CT molecular complexity index is 1180. The highest BCUT2D eigenvalue weighted by Crippen LogP contribution is 2.35. The van der Waals surface area contributed by atoms with Crippen LogP contribution < -0.4 is 9.80 Å². The van der Waals surface area contributed by atoms with Gasteiger partial charge in [0.15, 0.2) is 0 Å². The van der Waals surface area contributed by atoms with Gasteiger partial charge in [-0.3, -0.25) is 19.2 Å². The van der Waals surface area contributed by atoms with Gasteiger partial charge in [-0.1, -0.05) is 60.7 Å². The second kappa shape index (κ2) is 10.7. The predicted octanol–water partition coefficient (Wildman–Crippen LogP) is 4.82. The zero-order chi connectivity index (χ0) is 25.1. The highest BCUT2D eigenvalue weighted by atomic mass is 32.2. The number of hydrogen-bond acceptors (Lipinski definition) is 6. The van der Waals surface area contributed by atoms with Gasteiger partial charge >= 0.3 is 0 Å². The van der Waals surface area contributed by atoms with Crippen molar-refractivity contribution in [2.24, 2.45) is 0 Å². The minimum absolute atomic E-state index is 0.154. The fraction of sp³-hybridized carbons (Fsp3) is 0.214. The van der Waals surface area contributed by atoms with Gasteiger partial charge in [0.25, 0.3) is 0 Å². The molecule has 2 aliphatic rings. The topological polar surface area (TPSA) is 74.8 Å². The van der Waals surface area contributed by atoms with Crippen LogP contribution in [0, 0.1) is 0 Å². The van der Waals surface area contributed by atoms with E-state index in [1.54, 1.807) is 24.3 Å². The summed E-state index contributed by atoms with van der Waals surface area (Å²) < 4.78 is 0. The Morgan fingerprint density at radius 1 is 0.556 bits per heavy atom. The zero-order valence-corrected chi connectivity index (χ0v) is 21.0. The first-order valence-electron chi connectivity index (χ1n) is 11.7. The Balaban J connectivity index is 1.23. The van der Waals surface area contributed by atoms with E-state index in [1.165, 1.54) is 33.3 Å². The van der Waals surface area contributed by atoms with E-state index in [2.05, 4.69) is 0 Å². The van der Waals surface area contributed by atoms with E-state index in [-0.39, 0.29) is 36.5 Å². The molecule has 2 heterocycles. The van der Waals surface area contributed by atoms with Crippen LogP contribution in [0.25, 0.3) is 0 Å². The minimum atomic E-state index is -0.429. The third kappa shape index (κ3) is 5.10. The number of anilines is 2. The first kappa shape index (κ1) is 24.3. The molecule has 4 amide bonds. The van der Waals surface area contributed by atoms with Gasteiger partial charge in [0, 0.05) is 24.3 Å². The smallest absolute Gasteiger partial charge is 0.247 e. The van der Waals surface area contributed by atoms with Gasteiger partial charge in [0.2, 0.25) is 23.6 Å². The Morgan fingerprint density at radius 3 is 1.28 bits per heavy atom. The molecule has 0 spiro atoms. The molecule has 2 unspecified atom stereocenters. The summed E-state index contributed by atoms with van der Waals surface area (Å²) in [4.78, 5) is 53.7. The number of amides is 4. The molecule has 2 fully saturated rings. The maximum atomic E-state index is 13.0. The van der Waals surface area contributed by atoms with Crippen molar-refractivity contribution in [3.63, 3.8) is 0 Å². The normalized spacial score (nSPS) is 20.0. The minimum Gasteiger partial charge on any atom is -0.274 e. The van der Waals surface area contributed by atoms with Crippen molar-refractivity contribution in [3.05, 3.63) is 96.1 Å². The highest BCUT2D eigenvalue weighted by Gasteiger charge is 2.41. The zero-order valence-electron chi connectivity index (χ0n) is 19.4. The van der Waals surface area contributed by atoms with Crippen LogP contribution in [0.5, 0.6) is 0 Å². The van der Waals surface area contributed by atoms with Gasteiger partial charge in [-0.2, -0.15) is 0 Å². The van der Waals surface area contributed by atoms with E-state index in [4.69, 9.17) is 0 Å². The molecule has 0 aromatic heterocycles. The molecule has 8 heteroatoms. The van der Waals surface area contributed by atoms with Gasteiger partial charge in [0.05, 0.1) is 21.9 Å². The molecule has 0 saturated carbocycles. The fourth-order valence-electron chi connectivity index (χ4n) is 4.30. The van der Waals surface area contributed by atoms with E-state index < -0.39 is 10.5 Å². The molecule has 5 rings (SSSR count). The average molecular weight is 517 g/mol. The van der Waals surface area contributed by atoms with Crippen LogP contribution in [0.3, 0.4) is 0 Å². The fourth-order valence-corrected chi connectivity index (χ4v) is 6.49. The van der Waals surface area contributed by atoms with Crippen molar-refractivity contribution in [3.8, 4) is 0 Å². The van der Waals surface area contributed by atoms with Crippen molar-refractivity contribution in [2.75, 3.05) is 9.80 Å². The molecule has 0 bridgehead atoms. The van der Waals surface area contributed by atoms with Crippen LogP contribution in [-0.4, -0.2) is 34.1 Å². The molecule has 182 valence electrons. The molecule has 2 aliphatic heterocycles. The van der Waals surface area contributed by atoms with Gasteiger partial charge in [-0.15, -0.1) is 23.5 Å². The van der Waals surface area contributed by atoms with Crippen LogP contribution in [0.2, 0.25) is 0 Å². The number of hydrogen-bond donors (Lipinski definition) is 0. The van der Waals surface area contributed by atoms with E-state index in [1.807, 2.05) is 60.7 Å². The second-order valence-electron chi connectivity index (χ2n) is 8.63. The Morgan fingerprint density at radius 2 is 0.917 bits per heavy atom.